The molecule has 1 aliphatic heterocycles. The van der Waals surface area contributed by atoms with Gasteiger partial charge in [-0.25, -0.2) is 0 Å². The standard InChI is InChI=1S/C22H30N4O3/c1-22(2,3)18-13-20(29-25-18)24-19(27)15-26-11-9-17(10-12-26)21(28)23-14-16-7-5-4-6-8-16/h4-8,13,17H,9-12,14-15H2,1-3H3,(H,23,28)(H,24,27). The van der Waals surface area contributed by atoms with Gasteiger partial charge in [-0.15, -0.1) is 0 Å². The Morgan fingerprint density at radius 1 is 1.17 bits per heavy atom. The van der Waals surface area contributed by atoms with E-state index in [1.54, 1.807) is 6.07 Å². The molecule has 0 atom stereocenters. The Hall–Kier alpha value is -2.67. The van der Waals surface area contributed by atoms with E-state index in [9.17, 15) is 9.59 Å². The van der Waals surface area contributed by atoms with Crippen molar-refractivity contribution in [3.05, 3.63) is 47.7 Å². The Morgan fingerprint density at radius 2 is 1.86 bits per heavy atom. The monoisotopic (exact) mass is 398 g/mol. The van der Waals surface area contributed by atoms with E-state index >= 15 is 0 Å². The van der Waals surface area contributed by atoms with Gasteiger partial charge in [0, 0.05) is 23.9 Å². The molecule has 1 aliphatic rings. The number of carbonyl (C=O) groups is 2. The molecule has 156 valence electrons. The van der Waals surface area contributed by atoms with Crippen LogP contribution in [0.5, 0.6) is 0 Å². The first-order valence-electron chi connectivity index (χ1n) is 10.1. The predicted octanol–water partition coefficient (Wildman–Crippen LogP) is 2.94. The van der Waals surface area contributed by atoms with Gasteiger partial charge in [-0.3, -0.25) is 19.8 Å². The second kappa shape index (κ2) is 9.22. The molecule has 0 bridgehead atoms. The predicted molar refractivity (Wildman–Crippen MR) is 111 cm³/mol. The van der Waals surface area contributed by atoms with Crippen molar-refractivity contribution < 1.29 is 14.1 Å². The Morgan fingerprint density at radius 3 is 2.48 bits per heavy atom. The van der Waals surface area contributed by atoms with Crippen molar-refractivity contribution in [3.63, 3.8) is 0 Å². The third-order valence-electron chi connectivity index (χ3n) is 5.18. The Balaban J connectivity index is 1.39. The summed E-state index contributed by atoms with van der Waals surface area (Å²) in [6.07, 6.45) is 1.51. The zero-order valence-electron chi connectivity index (χ0n) is 17.4. The fourth-order valence-corrected chi connectivity index (χ4v) is 3.35. The van der Waals surface area contributed by atoms with Gasteiger partial charge in [0.15, 0.2) is 0 Å². The van der Waals surface area contributed by atoms with Gasteiger partial charge in [-0.2, -0.15) is 0 Å². The maximum atomic E-state index is 12.4. The maximum absolute atomic E-state index is 12.4. The van der Waals surface area contributed by atoms with Gasteiger partial charge in [0.1, 0.15) is 0 Å². The van der Waals surface area contributed by atoms with Gasteiger partial charge in [-0.05, 0) is 31.5 Å². The number of hydrogen-bond acceptors (Lipinski definition) is 5. The van der Waals surface area contributed by atoms with Gasteiger partial charge < -0.3 is 9.84 Å². The molecule has 2 N–H and O–H groups in total. The molecule has 7 nitrogen and oxygen atoms in total. The van der Waals surface area contributed by atoms with Crippen molar-refractivity contribution in [2.24, 2.45) is 5.92 Å². The van der Waals surface area contributed by atoms with Gasteiger partial charge in [0.05, 0.1) is 12.2 Å². The average molecular weight is 399 g/mol. The highest BCUT2D eigenvalue weighted by molar-refractivity contribution is 5.91. The first kappa shape index (κ1) is 21.0. The van der Waals surface area contributed by atoms with Crippen molar-refractivity contribution in [1.29, 1.82) is 0 Å². The van der Waals surface area contributed by atoms with Crippen molar-refractivity contribution in [3.8, 4) is 0 Å². The number of benzene rings is 1. The van der Waals surface area contributed by atoms with Crippen LogP contribution in [-0.4, -0.2) is 41.5 Å². The molecule has 0 aliphatic carbocycles. The summed E-state index contributed by atoms with van der Waals surface area (Å²) in [4.78, 5) is 26.8. The number of hydrogen-bond donors (Lipinski definition) is 2. The number of carbonyl (C=O) groups excluding carboxylic acids is 2. The van der Waals surface area contributed by atoms with Crippen LogP contribution in [-0.2, 0) is 21.5 Å². The van der Waals surface area contributed by atoms with Gasteiger partial charge >= 0.3 is 0 Å². The van der Waals surface area contributed by atoms with E-state index in [1.165, 1.54) is 0 Å². The lowest BCUT2D eigenvalue weighted by atomic mass is 9.92. The molecule has 0 saturated carbocycles. The van der Waals surface area contributed by atoms with E-state index in [1.807, 2.05) is 51.1 Å². The third kappa shape index (κ3) is 6.15. The summed E-state index contributed by atoms with van der Waals surface area (Å²) in [7, 11) is 0. The third-order valence-corrected chi connectivity index (χ3v) is 5.18. The summed E-state index contributed by atoms with van der Waals surface area (Å²) in [5.41, 5.74) is 1.77. The van der Waals surface area contributed by atoms with Gasteiger partial charge in [0.25, 0.3) is 0 Å². The van der Waals surface area contributed by atoms with Crippen LogP contribution in [0.25, 0.3) is 0 Å². The number of anilines is 1. The number of rotatable bonds is 6. The molecule has 2 heterocycles. The number of nitrogens with zero attached hydrogens (tertiary/aromatic N) is 2. The van der Waals surface area contributed by atoms with Crippen molar-refractivity contribution in [1.82, 2.24) is 15.4 Å². The van der Waals surface area contributed by atoms with Gasteiger partial charge in [0.2, 0.25) is 17.7 Å². The molecular weight excluding hydrogens is 368 g/mol. The molecule has 0 radical (unpaired) electrons. The SMILES string of the molecule is CC(C)(C)c1cc(NC(=O)CN2CCC(C(=O)NCc3ccccc3)CC2)on1. The molecule has 3 rings (SSSR count). The molecule has 1 saturated heterocycles. The van der Waals surface area contributed by atoms with E-state index < -0.39 is 0 Å². The second-order valence-corrected chi connectivity index (χ2v) is 8.63. The molecule has 2 amide bonds. The topological polar surface area (TPSA) is 87.5 Å². The quantitative estimate of drug-likeness (QED) is 0.781. The fraction of sp³-hybridized carbons (Fsp3) is 0.500. The first-order chi connectivity index (χ1) is 13.8. The summed E-state index contributed by atoms with van der Waals surface area (Å²) >= 11 is 0. The lowest BCUT2D eigenvalue weighted by Crippen LogP contribution is -2.43. The van der Waals surface area contributed by atoms with E-state index in [2.05, 4.69) is 20.7 Å². The molecule has 29 heavy (non-hydrogen) atoms. The molecule has 2 aromatic rings. The highest BCUT2D eigenvalue weighted by Crippen LogP contribution is 2.23. The molecule has 7 heteroatoms. The molecule has 0 unspecified atom stereocenters. The average Bonchev–Trinajstić information content (AvgIpc) is 3.16. The highest BCUT2D eigenvalue weighted by Gasteiger charge is 2.26. The molecule has 1 fully saturated rings. The molecule has 1 aromatic heterocycles. The zero-order valence-corrected chi connectivity index (χ0v) is 17.4. The number of likely N-dealkylation sites (tertiary alicyclic amines) is 1. The summed E-state index contributed by atoms with van der Waals surface area (Å²) in [6.45, 7) is 8.39. The number of amides is 2. The summed E-state index contributed by atoms with van der Waals surface area (Å²) < 4.78 is 5.21. The minimum absolute atomic E-state index is 0.00152. The largest absolute Gasteiger partial charge is 0.352 e. The van der Waals surface area contributed by atoms with E-state index in [0.29, 0.717) is 12.4 Å². The fourth-order valence-electron chi connectivity index (χ4n) is 3.35. The van der Waals surface area contributed by atoms with Crippen LogP contribution in [0.3, 0.4) is 0 Å². The smallest absolute Gasteiger partial charge is 0.240 e. The Bertz CT molecular complexity index is 818. The minimum atomic E-state index is -0.131. The van der Waals surface area contributed by atoms with Crippen molar-refractivity contribution in [2.45, 2.75) is 45.6 Å². The first-order valence-corrected chi connectivity index (χ1v) is 10.1. The Labute approximate surface area is 171 Å². The van der Waals surface area contributed by atoms with E-state index in [-0.39, 0.29) is 29.7 Å². The minimum Gasteiger partial charge on any atom is -0.352 e. The van der Waals surface area contributed by atoms with Crippen LogP contribution in [0.2, 0.25) is 0 Å². The number of nitrogens with one attached hydrogen (secondary N) is 2. The lowest BCUT2D eigenvalue weighted by molar-refractivity contribution is -0.126. The summed E-state index contributed by atoms with van der Waals surface area (Å²) in [5.74, 6) is 0.333. The molecule has 0 spiro atoms. The van der Waals surface area contributed by atoms with Crippen LogP contribution >= 0.6 is 0 Å². The lowest BCUT2D eigenvalue weighted by Gasteiger charge is -2.30. The highest BCUT2D eigenvalue weighted by atomic mass is 16.5. The normalized spacial score (nSPS) is 15.8. The van der Waals surface area contributed by atoms with Gasteiger partial charge in [-0.1, -0.05) is 56.3 Å². The summed E-state index contributed by atoms with van der Waals surface area (Å²) in [5, 5.41) is 9.79. The van der Waals surface area contributed by atoms with Crippen LogP contribution in [0, 0.1) is 5.92 Å². The van der Waals surface area contributed by atoms with E-state index in [0.717, 1.165) is 37.2 Å². The van der Waals surface area contributed by atoms with Crippen molar-refractivity contribution >= 4 is 17.7 Å². The second-order valence-electron chi connectivity index (χ2n) is 8.63. The summed E-state index contributed by atoms with van der Waals surface area (Å²) in [6, 6.07) is 11.7. The number of aromatic nitrogens is 1. The van der Waals surface area contributed by atoms with Crippen LogP contribution in [0.4, 0.5) is 5.88 Å². The van der Waals surface area contributed by atoms with Crippen LogP contribution in [0.15, 0.2) is 40.9 Å². The van der Waals surface area contributed by atoms with Crippen LogP contribution in [0.1, 0.15) is 44.9 Å². The van der Waals surface area contributed by atoms with Crippen LogP contribution < -0.4 is 10.6 Å². The zero-order chi connectivity index (χ0) is 20.9. The molecule has 1 aromatic carbocycles. The van der Waals surface area contributed by atoms with E-state index in [4.69, 9.17) is 4.52 Å². The number of piperidine rings is 1. The maximum Gasteiger partial charge on any atom is 0.240 e. The van der Waals surface area contributed by atoms with Crippen molar-refractivity contribution in [2.75, 3.05) is 25.0 Å². The molecular formula is C22H30N4O3. The Kier molecular flexibility index (Phi) is 6.69.